The Bertz CT molecular complexity index is 1890. The molecular formula is C32H23Cl3N6. The van der Waals surface area contributed by atoms with Crippen molar-refractivity contribution < 1.29 is 0 Å². The van der Waals surface area contributed by atoms with Gasteiger partial charge in [-0.1, -0.05) is 77.3 Å². The molecule has 0 aliphatic carbocycles. The van der Waals surface area contributed by atoms with Crippen LogP contribution < -0.4 is 10.2 Å². The van der Waals surface area contributed by atoms with Crippen LogP contribution in [0.25, 0.3) is 5.69 Å². The Kier molecular flexibility index (Phi) is 6.35. The lowest BCUT2D eigenvalue weighted by atomic mass is 9.93. The Hall–Kier alpha value is -4.10. The van der Waals surface area contributed by atoms with Crippen LogP contribution in [0.3, 0.4) is 0 Å². The number of amidine groups is 2. The molecule has 202 valence electrons. The highest BCUT2D eigenvalue weighted by Crippen LogP contribution is 2.48. The van der Waals surface area contributed by atoms with E-state index in [0.29, 0.717) is 26.7 Å². The maximum Gasteiger partial charge on any atom is 0.179 e. The molecule has 6 nitrogen and oxygen atoms in total. The summed E-state index contributed by atoms with van der Waals surface area (Å²) >= 11 is 19.4. The van der Waals surface area contributed by atoms with Crippen molar-refractivity contribution in [1.29, 1.82) is 0 Å². The molecule has 3 heterocycles. The van der Waals surface area contributed by atoms with Crippen LogP contribution in [0.15, 0.2) is 101 Å². The molecule has 1 unspecified atom stereocenters. The Morgan fingerprint density at radius 1 is 0.756 bits per heavy atom. The number of nitrogens with zero attached hydrogens (tertiary/aromatic N) is 5. The van der Waals surface area contributed by atoms with Gasteiger partial charge in [0.05, 0.1) is 38.8 Å². The second-order valence-electron chi connectivity index (χ2n) is 9.99. The van der Waals surface area contributed by atoms with E-state index in [1.54, 1.807) is 0 Å². The lowest BCUT2D eigenvalue weighted by Crippen LogP contribution is -2.46. The predicted octanol–water partition coefficient (Wildman–Crippen LogP) is 9.24. The Balaban J connectivity index is 1.50. The molecule has 0 bridgehead atoms. The smallest absolute Gasteiger partial charge is 0.179 e. The quantitative estimate of drug-likeness (QED) is 0.225. The first kappa shape index (κ1) is 25.8. The zero-order valence-electron chi connectivity index (χ0n) is 22.1. The van der Waals surface area contributed by atoms with Crippen LogP contribution in [0.2, 0.25) is 15.1 Å². The van der Waals surface area contributed by atoms with Gasteiger partial charge >= 0.3 is 0 Å². The maximum atomic E-state index is 6.59. The molecule has 0 fully saturated rings. The number of rotatable bonds is 3. The topological polar surface area (TPSA) is 57.8 Å². The minimum Gasteiger partial charge on any atom is -0.337 e. The van der Waals surface area contributed by atoms with E-state index in [0.717, 1.165) is 51.0 Å². The molecule has 41 heavy (non-hydrogen) atoms. The molecule has 2 aliphatic heterocycles. The van der Waals surface area contributed by atoms with Crippen molar-refractivity contribution in [3.63, 3.8) is 0 Å². The standard InChI is InChI=1S/C32H23Cl3N6/c1-18-12-14-21(17-24(18)34)36-30-32-38-31-28(19(2)39-41(31)22-8-4-3-5-9-22)29(20-13-15-23(33)25(35)16-20)40(32)27-11-7-6-10-26(27)37-30/h3-17,29H,1-2H3,(H,36,37). The van der Waals surface area contributed by atoms with Crippen LogP contribution in [0.5, 0.6) is 0 Å². The van der Waals surface area contributed by atoms with Crippen molar-refractivity contribution in [3.05, 3.63) is 128 Å². The summed E-state index contributed by atoms with van der Waals surface area (Å²) in [5.41, 5.74) is 7.25. The molecule has 0 spiro atoms. The summed E-state index contributed by atoms with van der Waals surface area (Å²) in [4.78, 5) is 12.5. The molecule has 0 amide bonds. The lowest BCUT2D eigenvalue weighted by molar-refractivity contribution is 0.815. The number of para-hydroxylation sites is 3. The highest BCUT2D eigenvalue weighted by molar-refractivity contribution is 6.51. The first-order chi connectivity index (χ1) is 19.9. The van der Waals surface area contributed by atoms with E-state index in [1.807, 2.05) is 103 Å². The SMILES string of the molecule is Cc1ccc(NC2=Nc3ccccc3N3C2=Nc2c(c(C)nn2-c2ccccc2)C3c2ccc(Cl)c(Cl)c2)cc1Cl. The number of aliphatic imine (C=N–C) groups is 2. The molecule has 1 aromatic heterocycles. The van der Waals surface area contributed by atoms with Gasteiger partial charge in [0, 0.05) is 16.3 Å². The summed E-state index contributed by atoms with van der Waals surface area (Å²) in [6.07, 6.45) is 0. The summed E-state index contributed by atoms with van der Waals surface area (Å²) in [6.45, 7) is 3.99. The summed E-state index contributed by atoms with van der Waals surface area (Å²) in [6, 6.07) is 29.4. The van der Waals surface area contributed by atoms with Crippen molar-refractivity contribution in [2.24, 2.45) is 9.98 Å². The molecule has 0 radical (unpaired) electrons. The van der Waals surface area contributed by atoms with Gasteiger partial charge in [-0.05, 0) is 73.5 Å². The van der Waals surface area contributed by atoms with E-state index >= 15 is 0 Å². The average Bonchev–Trinajstić information content (AvgIpc) is 3.32. The van der Waals surface area contributed by atoms with Crippen LogP contribution in [0.4, 0.5) is 22.9 Å². The van der Waals surface area contributed by atoms with E-state index < -0.39 is 0 Å². The summed E-state index contributed by atoms with van der Waals surface area (Å²) in [7, 11) is 0. The number of hydrogen-bond donors (Lipinski definition) is 1. The zero-order chi connectivity index (χ0) is 28.2. The normalized spacial score (nSPS) is 15.4. The zero-order valence-corrected chi connectivity index (χ0v) is 24.4. The molecule has 2 aliphatic rings. The van der Waals surface area contributed by atoms with Crippen molar-refractivity contribution in [1.82, 2.24) is 9.78 Å². The van der Waals surface area contributed by atoms with Crippen molar-refractivity contribution in [2.45, 2.75) is 19.9 Å². The number of nitrogens with one attached hydrogen (secondary N) is 1. The third kappa shape index (κ3) is 4.39. The third-order valence-corrected chi connectivity index (χ3v) is 8.48. The number of fused-ring (bicyclic) bond motifs is 4. The van der Waals surface area contributed by atoms with E-state index in [4.69, 9.17) is 49.9 Å². The minimum absolute atomic E-state index is 0.306. The lowest BCUT2D eigenvalue weighted by Gasteiger charge is -2.40. The van der Waals surface area contributed by atoms with Crippen molar-refractivity contribution in [2.75, 3.05) is 10.2 Å². The highest BCUT2D eigenvalue weighted by Gasteiger charge is 2.41. The second kappa shape index (κ2) is 10.1. The average molecular weight is 598 g/mol. The van der Waals surface area contributed by atoms with Crippen LogP contribution in [0, 0.1) is 13.8 Å². The van der Waals surface area contributed by atoms with Gasteiger partial charge in [-0.3, -0.25) is 0 Å². The van der Waals surface area contributed by atoms with Crippen LogP contribution in [-0.2, 0) is 0 Å². The van der Waals surface area contributed by atoms with E-state index in [-0.39, 0.29) is 6.04 Å². The van der Waals surface area contributed by atoms with Gasteiger partial charge in [0.15, 0.2) is 17.5 Å². The first-order valence-corrected chi connectivity index (χ1v) is 14.2. The predicted molar refractivity (Wildman–Crippen MR) is 170 cm³/mol. The fraction of sp³-hybridized carbons (Fsp3) is 0.0938. The van der Waals surface area contributed by atoms with Gasteiger partial charge in [0.1, 0.15) is 0 Å². The number of benzene rings is 4. The largest absolute Gasteiger partial charge is 0.337 e. The summed E-state index contributed by atoms with van der Waals surface area (Å²) in [5, 5.41) is 10.1. The summed E-state index contributed by atoms with van der Waals surface area (Å²) in [5.74, 6) is 1.98. The number of anilines is 2. The minimum atomic E-state index is -0.306. The Morgan fingerprint density at radius 2 is 1.54 bits per heavy atom. The van der Waals surface area contributed by atoms with Gasteiger partial charge in [-0.25, -0.2) is 14.7 Å². The monoisotopic (exact) mass is 596 g/mol. The van der Waals surface area contributed by atoms with Crippen molar-refractivity contribution in [3.8, 4) is 5.69 Å². The number of aromatic nitrogens is 2. The fourth-order valence-corrected chi connectivity index (χ4v) is 5.84. The van der Waals surface area contributed by atoms with Gasteiger partial charge in [0.2, 0.25) is 0 Å². The van der Waals surface area contributed by atoms with Crippen LogP contribution in [-0.4, -0.2) is 21.5 Å². The fourth-order valence-electron chi connectivity index (χ4n) is 5.35. The van der Waals surface area contributed by atoms with E-state index in [9.17, 15) is 0 Å². The molecule has 1 atom stereocenters. The molecule has 0 saturated carbocycles. The first-order valence-electron chi connectivity index (χ1n) is 13.1. The molecule has 4 aromatic carbocycles. The molecule has 0 saturated heterocycles. The molecule has 9 heteroatoms. The van der Waals surface area contributed by atoms with Gasteiger partial charge in [-0.2, -0.15) is 5.10 Å². The van der Waals surface area contributed by atoms with Crippen LogP contribution in [0.1, 0.15) is 28.4 Å². The molecule has 1 N–H and O–H groups in total. The number of halogens is 3. The van der Waals surface area contributed by atoms with Gasteiger partial charge in [-0.15, -0.1) is 0 Å². The maximum absolute atomic E-state index is 6.59. The van der Waals surface area contributed by atoms with Gasteiger partial charge < -0.3 is 10.2 Å². The third-order valence-electron chi connectivity index (χ3n) is 7.33. The molecule has 7 rings (SSSR count). The van der Waals surface area contributed by atoms with Crippen LogP contribution >= 0.6 is 34.8 Å². The Morgan fingerprint density at radius 3 is 2.32 bits per heavy atom. The highest BCUT2D eigenvalue weighted by atomic mass is 35.5. The van der Waals surface area contributed by atoms with Gasteiger partial charge in [0.25, 0.3) is 0 Å². The van der Waals surface area contributed by atoms with Crippen molar-refractivity contribution >= 4 is 69.4 Å². The van der Waals surface area contributed by atoms with E-state index in [1.165, 1.54) is 0 Å². The van der Waals surface area contributed by atoms with E-state index in [2.05, 4.69) is 16.3 Å². The number of aryl methyl sites for hydroxylation is 2. The molecule has 5 aromatic rings. The molecular weight excluding hydrogens is 575 g/mol. The number of hydrogen-bond acceptors (Lipinski definition) is 5. The Labute approximate surface area is 252 Å². The summed E-state index contributed by atoms with van der Waals surface area (Å²) < 4.78 is 1.89. The second-order valence-corrected chi connectivity index (χ2v) is 11.2.